The lowest BCUT2D eigenvalue weighted by Gasteiger charge is -2.01. The summed E-state index contributed by atoms with van der Waals surface area (Å²) < 4.78 is 17.4. The number of allylic oxidation sites excluding steroid dienone is 2. The third kappa shape index (κ3) is 5.88. The first-order valence-corrected chi connectivity index (χ1v) is 3.62. The molecule has 0 aromatic carbocycles. The molecule has 0 fully saturated rings. The van der Waals surface area contributed by atoms with E-state index in [2.05, 4.69) is 11.9 Å². The Labute approximate surface area is 71.5 Å². The second kappa shape index (κ2) is 6.82. The highest BCUT2D eigenvalue weighted by Gasteiger charge is 1.92. The lowest BCUT2D eigenvalue weighted by atomic mass is 10.3. The summed E-state index contributed by atoms with van der Waals surface area (Å²) in [6.45, 7) is 5.37. The minimum Gasteiger partial charge on any atom is -0.394 e. The minimum atomic E-state index is -0.400. The van der Waals surface area contributed by atoms with Gasteiger partial charge in [0.05, 0.1) is 13.2 Å². The molecule has 0 spiro atoms. The van der Waals surface area contributed by atoms with Gasteiger partial charge in [-0.3, -0.25) is 0 Å². The van der Waals surface area contributed by atoms with Crippen molar-refractivity contribution in [2.75, 3.05) is 19.9 Å². The van der Waals surface area contributed by atoms with Gasteiger partial charge < -0.3 is 15.2 Å². The Morgan fingerprint density at radius 3 is 2.92 bits per heavy atom. The third-order valence-electron chi connectivity index (χ3n) is 1.06. The van der Waals surface area contributed by atoms with E-state index in [1.807, 2.05) is 0 Å². The number of aliphatic hydroxyl groups excluding tert-OH is 1. The Bertz CT molecular complexity index is 168. The first-order valence-electron chi connectivity index (χ1n) is 3.62. The SMILES string of the molecule is C=C(C)/C(F)=C\NCOCCO. The fraction of sp³-hybridized carbons (Fsp3) is 0.500. The lowest BCUT2D eigenvalue weighted by molar-refractivity contribution is 0.0858. The number of halogens is 1. The summed E-state index contributed by atoms with van der Waals surface area (Å²) in [5.74, 6) is -0.400. The quantitative estimate of drug-likeness (QED) is 0.358. The van der Waals surface area contributed by atoms with Gasteiger partial charge in [0.1, 0.15) is 12.6 Å². The number of hydrogen-bond acceptors (Lipinski definition) is 3. The molecule has 0 heterocycles. The van der Waals surface area contributed by atoms with Gasteiger partial charge in [-0.15, -0.1) is 0 Å². The zero-order valence-electron chi connectivity index (χ0n) is 7.14. The zero-order chi connectivity index (χ0) is 9.40. The highest BCUT2D eigenvalue weighted by molar-refractivity contribution is 5.17. The maximum Gasteiger partial charge on any atom is 0.141 e. The van der Waals surface area contributed by atoms with Crippen molar-refractivity contribution in [1.29, 1.82) is 0 Å². The van der Waals surface area contributed by atoms with Crippen LogP contribution in [0.15, 0.2) is 24.2 Å². The van der Waals surface area contributed by atoms with Crippen LogP contribution in [-0.4, -0.2) is 25.1 Å². The third-order valence-corrected chi connectivity index (χ3v) is 1.06. The van der Waals surface area contributed by atoms with Crippen LogP contribution in [-0.2, 0) is 4.74 Å². The number of ether oxygens (including phenoxy) is 1. The van der Waals surface area contributed by atoms with Gasteiger partial charge in [-0.05, 0) is 12.5 Å². The van der Waals surface area contributed by atoms with Crippen LogP contribution in [0.25, 0.3) is 0 Å². The van der Waals surface area contributed by atoms with Gasteiger partial charge in [-0.1, -0.05) is 6.58 Å². The summed E-state index contributed by atoms with van der Waals surface area (Å²) in [6, 6.07) is 0. The fourth-order valence-electron chi connectivity index (χ4n) is 0.450. The minimum absolute atomic E-state index is 0.0334. The first-order chi connectivity index (χ1) is 5.68. The first kappa shape index (κ1) is 11.1. The number of rotatable bonds is 6. The Morgan fingerprint density at radius 1 is 1.75 bits per heavy atom. The summed E-state index contributed by atoms with van der Waals surface area (Å²) in [6.07, 6.45) is 1.18. The van der Waals surface area contributed by atoms with Crippen LogP contribution >= 0.6 is 0 Å². The molecule has 0 atom stereocenters. The van der Waals surface area contributed by atoms with Crippen LogP contribution in [0.2, 0.25) is 0 Å². The Kier molecular flexibility index (Phi) is 6.32. The molecule has 0 saturated carbocycles. The summed E-state index contributed by atoms with van der Waals surface area (Å²) in [5.41, 5.74) is 0.365. The molecule has 0 aliphatic carbocycles. The highest BCUT2D eigenvalue weighted by Crippen LogP contribution is 2.04. The van der Waals surface area contributed by atoms with Crippen molar-refractivity contribution in [1.82, 2.24) is 5.32 Å². The van der Waals surface area contributed by atoms with Crippen molar-refractivity contribution in [3.05, 3.63) is 24.2 Å². The van der Waals surface area contributed by atoms with Crippen molar-refractivity contribution in [3.63, 3.8) is 0 Å². The molecule has 0 rings (SSSR count). The van der Waals surface area contributed by atoms with Gasteiger partial charge in [0.15, 0.2) is 0 Å². The summed E-state index contributed by atoms with van der Waals surface area (Å²) in [7, 11) is 0. The van der Waals surface area contributed by atoms with Crippen molar-refractivity contribution in [2.24, 2.45) is 0 Å². The summed E-state index contributed by atoms with van der Waals surface area (Å²) >= 11 is 0. The molecule has 3 nitrogen and oxygen atoms in total. The van der Waals surface area contributed by atoms with Crippen LogP contribution in [0.4, 0.5) is 4.39 Å². The number of aliphatic hydroxyl groups is 1. The fourth-order valence-corrected chi connectivity index (χ4v) is 0.450. The molecule has 70 valence electrons. The Hall–Kier alpha value is -0.870. The maximum absolute atomic E-state index is 12.6. The van der Waals surface area contributed by atoms with E-state index < -0.39 is 5.83 Å². The van der Waals surface area contributed by atoms with Crippen LogP contribution < -0.4 is 5.32 Å². The van der Waals surface area contributed by atoms with Gasteiger partial charge in [-0.2, -0.15) is 0 Å². The standard InChI is InChI=1S/C8H14FNO2/c1-7(2)8(9)5-10-6-12-4-3-11/h5,10-11H,1,3-4,6H2,2H3/b8-5+. The molecule has 0 aliphatic rings. The van der Waals surface area contributed by atoms with E-state index >= 15 is 0 Å². The molecule has 2 N–H and O–H groups in total. The van der Waals surface area contributed by atoms with E-state index in [0.29, 0.717) is 5.57 Å². The molecule has 0 bridgehead atoms. The lowest BCUT2D eigenvalue weighted by Crippen LogP contribution is -2.13. The topological polar surface area (TPSA) is 41.5 Å². The van der Waals surface area contributed by atoms with Crippen molar-refractivity contribution in [2.45, 2.75) is 6.92 Å². The molecule has 4 heteroatoms. The molecular weight excluding hydrogens is 161 g/mol. The zero-order valence-corrected chi connectivity index (χ0v) is 7.14. The molecule has 0 saturated heterocycles. The predicted octanol–water partition coefficient (Wildman–Crippen LogP) is 0.929. The van der Waals surface area contributed by atoms with Crippen LogP contribution in [0.3, 0.4) is 0 Å². The maximum atomic E-state index is 12.6. The number of nitrogens with one attached hydrogen (secondary N) is 1. The Morgan fingerprint density at radius 2 is 2.42 bits per heavy atom. The van der Waals surface area contributed by atoms with E-state index in [1.54, 1.807) is 6.92 Å². The second-order valence-corrected chi connectivity index (χ2v) is 2.25. The van der Waals surface area contributed by atoms with E-state index in [4.69, 9.17) is 9.84 Å². The predicted molar refractivity (Wildman–Crippen MR) is 45.0 cm³/mol. The van der Waals surface area contributed by atoms with Gasteiger partial charge >= 0.3 is 0 Å². The van der Waals surface area contributed by atoms with E-state index in [1.165, 1.54) is 6.20 Å². The Balaban J connectivity index is 3.40. The highest BCUT2D eigenvalue weighted by atomic mass is 19.1. The largest absolute Gasteiger partial charge is 0.394 e. The molecule has 0 amide bonds. The van der Waals surface area contributed by atoms with Gasteiger partial charge in [0.25, 0.3) is 0 Å². The average Bonchev–Trinajstić information content (AvgIpc) is 2.03. The molecule has 0 aromatic heterocycles. The van der Waals surface area contributed by atoms with Crippen LogP contribution in [0.1, 0.15) is 6.92 Å². The van der Waals surface area contributed by atoms with Crippen LogP contribution in [0, 0.1) is 0 Å². The molecule has 12 heavy (non-hydrogen) atoms. The average molecular weight is 175 g/mol. The van der Waals surface area contributed by atoms with Crippen molar-refractivity contribution >= 4 is 0 Å². The van der Waals surface area contributed by atoms with Crippen molar-refractivity contribution < 1.29 is 14.2 Å². The molecular formula is C8H14FNO2. The monoisotopic (exact) mass is 175 g/mol. The molecule has 0 radical (unpaired) electrons. The van der Waals surface area contributed by atoms with E-state index in [0.717, 1.165) is 0 Å². The molecule has 0 unspecified atom stereocenters. The smallest absolute Gasteiger partial charge is 0.141 e. The van der Waals surface area contributed by atoms with Gasteiger partial charge in [0, 0.05) is 6.20 Å². The van der Waals surface area contributed by atoms with Gasteiger partial charge in [-0.25, -0.2) is 4.39 Å². The van der Waals surface area contributed by atoms with E-state index in [9.17, 15) is 4.39 Å². The second-order valence-electron chi connectivity index (χ2n) is 2.25. The van der Waals surface area contributed by atoms with Crippen molar-refractivity contribution in [3.8, 4) is 0 Å². The summed E-state index contributed by atoms with van der Waals surface area (Å²) in [5, 5.41) is 10.9. The normalized spacial score (nSPS) is 11.4. The van der Waals surface area contributed by atoms with Gasteiger partial charge in [0.2, 0.25) is 0 Å². The number of hydrogen-bond donors (Lipinski definition) is 2. The summed E-state index contributed by atoms with van der Waals surface area (Å²) in [4.78, 5) is 0. The molecule has 0 aromatic rings. The van der Waals surface area contributed by atoms with Crippen LogP contribution in [0.5, 0.6) is 0 Å². The molecule has 0 aliphatic heterocycles. The van der Waals surface area contributed by atoms with E-state index in [-0.39, 0.29) is 19.9 Å².